The number of rotatable bonds is 2. The third-order valence-corrected chi connectivity index (χ3v) is 4.16. The lowest BCUT2D eigenvalue weighted by Gasteiger charge is -2.43. The zero-order chi connectivity index (χ0) is 12.5. The lowest BCUT2D eigenvalue weighted by Crippen LogP contribution is -2.50. The molecule has 0 bridgehead atoms. The van der Waals surface area contributed by atoms with Gasteiger partial charge in [-0.05, 0) is 42.3 Å². The zero-order valence-corrected chi connectivity index (χ0v) is 11.2. The van der Waals surface area contributed by atoms with Crippen LogP contribution in [-0.2, 0) is 6.54 Å². The highest BCUT2D eigenvalue weighted by Gasteiger charge is 2.36. The smallest absolute Gasteiger partial charge is 0.168 e. The van der Waals surface area contributed by atoms with E-state index in [9.17, 15) is 0 Å². The number of fused-ring (bicyclic) bond motifs is 1. The topological polar surface area (TPSA) is 58.9 Å². The summed E-state index contributed by atoms with van der Waals surface area (Å²) < 4.78 is 1.97. The predicted octanol–water partition coefficient (Wildman–Crippen LogP) is 0.438. The molecule has 6 heteroatoms. The number of nitrogens with one attached hydrogen (secondary N) is 1. The molecule has 6 nitrogen and oxygen atoms in total. The SMILES string of the molecule is CC(C)C1c2nnnn2CCN1C1CCNCC1. The molecule has 1 atom stereocenters. The Morgan fingerprint density at radius 1 is 1.22 bits per heavy atom. The second-order valence-corrected chi connectivity index (χ2v) is 5.67. The summed E-state index contributed by atoms with van der Waals surface area (Å²) in [6.07, 6.45) is 2.48. The Bertz CT molecular complexity index is 395. The van der Waals surface area contributed by atoms with Crippen LogP contribution in [0.1, 0.15) is 38.6 Å². The Balaban J connectivity index is 1.86. The van der Waals surface area contributed by atoms with E-state index >= 15 is 0 Å². The van der Waals surface area contributed by atoms with Crippen LogP contribution in [0.15, 0.2) is 0 Å². The van der Waals surface area contributed by atoms with Gasteiger partial charge in [0.05, 0.1) is 12.6 Å². The van der Waals surface area contributed by atoms with Gasteiger partial charge in [0.2, 0.25) is 0 Å². The summed E-state index contributed by atoms with van der Waals surface area (Å²) in [5.41, 5.74) is 0. The van der Waals surface area contributed by atoms with Crippen molar-refractivity contribution < 1.29 is 0 Å². The van der Waals surface area contributed by atoms with Crippen LogP contribution < -0.4 is 5.32 Å². The maximum absolute atomic E-state index is 4.25. The van der Waals surface area contributed by atoms with Gasteiger partial charge in [-0.25, -0.2) is 4.68 Å². The van der Waals surface area contributed by atoms with Crippen molar-refractivity contribution in [2.75, 3.05) is 19.6 Å². The average Bonchev–Trinajstić information content (AvgIpc) is 2.86. The molecule has 1 saturated heterocycles. The van der Waals surface area contributed by atoms with Gasteiger partial charge in [0.15, 0.2) is 5.82 Å². The van der Waals surface area contributed by atoms with Crippen LogP contribution in [0, 0.1) is 5.92 Å². The minimum atomic E-state index is 0.372. The van der Waals surface area contributed by atoms with E-state index in [-0.39, 0.29) is 0 Å². The molecule has 18 heavy (non-hydrogen) atoms. The molecule has 100 valence electrons. The maximum Gasteiger partial charge on any atom is 0.168 e. The normalized spacial score (nSPS) is 26.5. The van der Waals surface area contributed by atoms with Crippen LogP contribution in [0.25, 0.3) is 0 Å². The van der Waals surface area contributed by atoms with Crippen molar-refractivity contribution in [1.29, 1.82) is 0 Å². The molecule has 3 heterocycles. The van der Waals surface area contributed by atoms with Crippen molar-refractivity contribution in [3.8, 4) is 0 Å². The third kappa shape index (κ3) is 2.03. The molecule has 1 unspecified atom stereocenters. The number of piperidine rings is 1. The first-order valence-electron chi connectivity index (χ1n) is 7.00. The molecule has 0 amide bonds. The molecule has 1 aromatic rings. The van der Waals surface area contributed by atoms with Crippen LogP contribution in [0.4, 0.5) is 0 Å². The molecular formula is C12H22N6. The van der Waals surface area contributed by atoms with Crippen LogP contribution in [0.2, 0.25) is 0 Å². The molecule has 0 radical (unpaired) electrons. The van der Waals surface area contributed by atoms with Gasteiger partial charge in [-0.3, -0.25) is 4.90 Å². The standard InChI is InChI=1S/C12H22N6/c1-9(2)11-12-14-15-16-18(12)8-7-17(11)10-3-5-13-6-4-10/h9-11,13H,3-8H2,1-2H3. The van der Waals surface area contributed by atoms with Crippen molar-refractivity contribution in [2.24, 2.45) is 5.92 Å². The minimum Gasteiger partial charge on any atom is -0.317 e. The summed E-state index contributed by atoms with van der Waals surface area (Å²) in [7, 11) is 0. The Labute approximate surface area is 108 Å². The van der Waals surface area contributed by atoms with E-state index in [1.54, 1.807) is 0 Å². The quantitative estimate of drug-likeness (QED) is 0.825. The first kappa shape index (κ1) is 12.0. The van der Waals surface area contributed by atoms with Gasteiger partial charge in [0.1, 0.15) is 0 Å². The van der Waals surface area contributed by atoms with Crippen LogP contribution in [-0.4, -0.2) is 50.8 Å². The summed E-state index contributed by atoms with van der Waals surface area (Å²) in [5, 5.41) is 15.6. The summed E-state index contributed by atoms with van der Waals surface area (Å²) >= 11 is 0. The van der Waals surface area contributed by atoms with E-state index < -0.39 is 0 Å². The molecule has 0 aromatic carbocycles. The van der Waals surface area contributed by atoms with Crippen molar-refractivity contribution >= 4 is 0 Å². The van der Waals surface area contributed by atoms with Gasteiger partial charge in [-0.2, -0.15) is 0 Å². The van der Waals surface area contributed by atoms with Gasteiger partial charge in [-0.15, -0.1) is 5.10 Å². The molecule has 0 spiro atoms. The minimum absolute atomic E-state index is 0.372. The fourth-order valence-electron chi connectivity index (χ4n) is 3.31. The average molecular weight is 250 g/mol. The maximum atomic E-state index is 4.25. The van der Waals surface area contributed by atoms with Gasteiger partial charge in [0.25, 0.3) is 0 Å². The highest BCUT2D eigenvalue weighted by atomic mass is 15.6. The molecule has 1 aromatic heterocycles. The van der Waals surface area contributed by atoms with Crippen molar-refractivity contribution in [3.05, 3.63) is 5.82 Å². The largest absolute Gasteiger partial charge is 0.317 e. The second-order valence-electron chi connectivity index (χ2n) is 5.67. The molecule has 2 aliphatic heterocycles. The number of hydrogen-bond donors (Lipinski definition) is 1. The van der Waals surface area contributed by atoms with Gasteiger partial charge < -0.3 is 5.32 Å². The number of nitrogens with zero attached hydrogens (tertiary/aromatic N) is 5. The first-order chi connectivity index (χ1) is 8.77. The lowest BCUT2D eigenvalue weighted by atomic mass is 9.94. The van der Waals surface area contributed by atoms with Crippen LogP contribution in [0.5, 0.6) is 0 Å². The molecule has 3 rings (SSSR count). The number of tetrazole rings is 1. The van der Waals surface area contributed by atoms with E-state index in [1.165, 1.54) is 12.8 Å². The van der Waals surface area contributed by atoms with Gasteiger partial charge >= 0.3 is 0 Å². The van der Waals surface area contributed by atoms with E-state index in [4.69, 9.17) is 0 Å². The van der Waals surface area contributed by atoms with Gasteiger partial charge in [0, 0.05) is 12.6 Å². The van der Waals surface area contributed by atoms with E-state index in [0.717, 1.165) is 32.0 Å². The fourth-order valence-corrected chi connectivity index (χ4v) is 3.31. The van der Waals surface area contributed by atoms with Crippen LogP contribution in [0.3, 0.4) is 0 Å². The second kappa shape index (κ2) is 4.93. The summed E-state index contributed by atoms with van der Waals surface area (Å²) in [6, 6.07) is 1.06. The Hall–Kier alpha value is -1.01. The van der Waals surface area contributed by atoms with E-state index in [1.807, 2.05) is 4.68 Å². The van der Waals surface area contributed by atoms with Crippen molar-refractivity contribution in [1.82, 2.24) is 30.4 Å². The summed E-state index contributed by atoms with van der Waals surface area (Å²) in [5.74, 6) is 1.60. The Morgan fingerprint density at radius 3 is 2.72 bits per heavy atom. The highest BCUT2D eigenvalue weighted by Crippen LogP contribution is 2.33. The molecule has 2 aliphatic rings. The third-order valence-electron chi connectivity index (χ3n) is 4.16. The Kier molecular flexibility index (Phi) is 3.30. The molecular weight excluding hydrogens is 228 g/mol. The lowest BCUT2D eigenvalue weighted by molar-refractivity contribution is 0.0495. The van der Waals surface area contributed by atoms with E-state index in [0.29, 0.717) is 18.0 Å². The molecule has 1 fully saturated rings. The zero-order valence-electron chi connectivity index (χ0n) is 11.2. The molecule has 0 aliphatic carbocycles. The fraction of sp³-hybridized carbons (Fsp3) is 0.917. The van der Waals surface area contributed by atoms with E-state index in [2.05, 4.69) is 39.6 Å². The van der Waals surface area contributed by atoms with Crippen molar-refractivity contribution in [2.45, 2.75) is 45.3 Å². The predicted molar refractivity (Wildman–Crippen MR) is 68.0 cm³/mol. The van der Waals surface area contributed by atoms with Crippen molar-refractivity contribution in [3.63, 3.8) is 0 Å². The summed E-state index contributed by atoms with van der Waals surface area (Å²) in [4.78, 5) is 2.64. The molecule has 0 saturated carbocycles. The number of hydrogen-bond acceptors (Lipinski definition) is 5. The van der Waals surface area contributed by atoms with Gasteiger partial charge in [-0.1, -0.05) is 13.8 Å². The van der Waals surface area contributed by atoms with Crippen LogP contribution >= 0.6 is 0 Å². The Morgan fingerprint density at radius 2 is 2.00 bits per heavy atom. The number of aromatic nitrogens is 4. The monoisotopic (exact) mass is 250 g/mol. The first-order valence-corrected chi connectivity index (χ1v) is 7.00. The summed E-state index contributed by atoms with van der Waals surface area (Å²) in [6.45, 7) is 8.81. The highest BCUT2D eigenvalue weighted by molar-refractivity contribution is 5.00. The molecule has 1 N–H and O–H groups in total.